The van der Waals surface area contributed by atoms with Crippen LogP contribution < -0.4 is 9.47 Å². The van der Waals surface area contributed by atoms with E-state index >= 15 is 0 Å². The van der Waals surface area contributed by atoms with Gasteiger partial charge in [0.25, 0.3) is 0 Å². The van der Waals surface area contributed by atoms with E-state index < -0.39 is 15.4 Å². The Balaban J connectivity index is 1.54. The maximum absolute atomic E-state index is 13.3. The summed E-state index contributed by atoms with van der Waals surface area (Å²) in [5.41, 5.74) is 0.314. The molecule has 7 nitrogen and oxygen atoms in total. The molecular weight excluding hydrogens is 418 g/mol. The zero-order valence-corrected chi connectivity index (χ0v) is 18.4. The average Bonchev–Trinajstić information content (AvgIpc) is 2.80. The summed E-state index contributed by atoms with van der Waals surface area (Å²) in [6.45, 7) is 3.43. The number of ether oxygens (including phenoxy) is 3. The monoisotopic (exact) mass is 445 g/mol. The average molecular weight is 446 g/mol. The number of carbonyl (C=O) groups excluding carboxylic acids is 1. The van der Waals surface area contributed by atoms with Crippen molar-refractivity contribution in [2.75, 3.05) is 32.9 Å². The molecule has 2 aromatic rings. The molecule has 0 spiro atoms. The molecule has 1 fully saturated rings. The van der Waals surface area contributed by atoms with Crippen molar-refractivity contribution in [3.05, 3.63) is 54.1 Å². The first-order valence-corrected chi connectivity index (χ1v) is 12.0. The third-order valence-electron chi connectivity index (χ3n) is 5.92. The topological polar surface area (TPSA) is 82.1 Å². The number of fused-ring (bicyclic) bond motifs is 1. The zero-order valence-electron chi connectivity index (χ0n) is 17.6. The standard InChI is InChI=1S/C23H27NO6S/c1-2-28-22(25)23(17-18-6-4-3-5-7-18)10-12-24(13-11-23)31(26,27)19-8-9-20-21(16-19)30-15-14-29-20/h3-9,16H,2,10-15,17H2,1H3. The van der Waals surface area contributed by atoms with E-state index in [4.69, 9.17) is 14.2 Å². The number of rotatable bonds is 6. The maximum Gasteiger partial charge on any atom is 0.312 e. The molecule has 1 saturated heterocycles. The van der Waals surface area contributed by atoms with Gasteiger partial charge in [-0.1, -0.05) is 30.3 Å². The molecule has 0 saturated carbocycles. The van der Waals surface area contributed by atoms with Crippen LogP contribution in [-0.4, -0.2) is 51.6 Å². The molecule has 0 unspecified atom stereocenters. The SMILES string of the molecule is CCOC(=O)C1(Cc2ccccc2)CCN(S(=O)(=O)c2ccc3c(c2)OCCO3)CC1. The van der Waals surface area contributed by atoms with E-state index in [9.17, 15) is 13.2 Å². The van der Waals surface area contributed by atoms with E-state index in [1.165, 1.54) is 10.4 Å². The summed E-state index contributed by atoms with van der Waals surface area (Å²) in [5, 5.41) is 0. The van der Waals surface area contributed by atoms with Crippen molar-refractivity contribution in [2.45, 2.75) is 31.1 Å². The van der Waals surface area contributed by atoms with Crippen molar-refractivity contribution in [2.24, 2.45) is 5.41 Å². The van der Waals surface area contributed by atoms with Crippen LogP contribution in [0.4, 0.5) is 0 Å². The molecule has 0 aliphatic carbocycles. The minimum absolute atomic E-state index is 0.170. The van der Waals surface area contributed by atoms with Gasteiger partial charge in [-0.05, 0) is 43.9 Å². The van der Waals surface area contributed by atoms with Gasteiger partial charge >= 0.3 is 5.97 Å². The van der Waals surface area contributed by atoms with Crippen LogP contribution in [0.15, 0.2) is 53.4 Å². The lowest BCUT2D eigenvalue weighted by atomic mass is 9.74. The molecule has 0 bridgehead atoms. The third-order valence-corrected chi connectivity index (χ3v) is 7.82. The van der Waals surface area contributed by atoms with Crippen LogP contribution in [0.3, 0.4) is 0 Å². The van der Waals surface area contributed by atoms with Crippen molar-refractivity contribution >= 4 is 16.0 Å². The second kappa shape index (κ2) is 8.88. The van der Waals surface area contributed by atoms with Gasteiger partial charge < -0.3 is 14.2 Å². The number of hydrogen-bond donors (Lipinski definition) is 0. The number of benzene rings is 2. The van der Waals surface area contributed by atoms with Gasteiger partial charge in [0, 0.05) is 19.2 Å². The predicted octanol–water partition coefficient (Wildman–Crippen LogP) is 3.03. The van der Waals surface area contributed by atoms with Gasteiger partial charge in [0.05, 0.1) is 16.9 Å². The van der Waals surface area contributed by atoms with Gasteiger partial charge in [0.2, 0.25) is 10.0 Å². The predicted molar refractivity (Wildman–Crippen MR) is 115 cm³/mol. The summed E-state index contributed by atoms with van der Waals surface area (Å²) in [4.78, 5) is 13.1. The van der Waals surface area contributed by atoms with Gasteiger partial charge in [0.15, 0.2) is 11.5 Å². The fraction of sp³-hybridized carbons (Fsp3) is 0.435. The Morgan fingerprint density at radius 2 is 1.71 bits per heavy atom. The zero-order chi connectivity index (χ0) is 21.9. The number of carbonyl (C=O) groups is 1. The Morgan fingerprint density at radius 3 is 2.39 bits per heavy atom. The lowest BCUT2D eigenvalue weighted by Gasteiger charge is -2.39. The smallest absolute Gasteiger partial charge is 0.312 e. The molecule has 0 amide bonds. The van der Waals surface area contributed by atoms with Crippen LogP contribution in [-0.2, 0) is 26.0 Å². The minimum Gasteiger partial charge on any atom is -0.486 e. The summed E-state index contributed by atoms with van der Waals surface area (Å²) in [7, 11) is -3.71. The van der Waals surface area contributed by atoms with Gasteiger partial charge in [0.1, 0.15) is 13.2 Å². The largest absolute Gasteiger partial charge is 0.486 e. The van der Waals surface area contributed by atoms with E-state index in [1.807, 2.05) is 30.3 Å². The lowest BCUT2D eigenvalue weighted by Crippen LogP contribution is -2.48. The van der Waals surface area contributed by atoms with Crippen molar-refractivity contribution < 1.29 is 27.4 Å². The molecule has 4 rings (SSSR count). The third kappa shape index (κ3) is 4.41. The molecule has 8 heteroatoms. The molecule has 0 aromatic heterocycles. The van der Waals surface area contributed by atoms with Crippen LogP contribution in [0.5, 0.6) is 11.5 Å². The molecule has 0 N–H and O–H groups in total. The second-order valence-corrected chi connectivity index (χ2v) is 9.81. The fourth-order valence-corrected chi connectivity index (χ4v) is 5.67. The Hall–Kier alpha value is -2.58. The van der Waals surface area contributed by atoms with Crippen LogP contribution in [0.25, 0.3) is 0 Å². The van der Waals surface area contributed by atoms with E-state index in [2.05, 4.69) is 0 Å². The fourth-order valence-electron chi connectivity index (χ4n) is 4.21. The number of esters is 1. The van der Waals surface area contributed by atoms with E-state index in [0.29, 0.717) is 50.6 Å². The summed E-state index contributed by atoms with van der Waals surface area (Å²) in [5.74, 6) is 0.734. The molecule has 0 atom stereocenters. The van der Waals surface area contributed by atoms with Crippen molar-refractivity contribution in [3.63, 3.8) is 0 Å². The summed E-state index contributed by atoms with van der Waals surface area (Å²) in [6, 6.07) is 14.5. The molecule has 2 aliphatic rings. The highest BCUT2D eigenvalue weighted by Crippen LogP contribution is 2.39. The minimum atomic E-state index is -3.71. The lowest BCUT2D eigenvalue weighted by molar-refractivity contribution is -0.158. The first-order chi connectivity index (χ1) is 14.9. The number of piperidine rings is 1. The van der Waals surface area contributed by atoms with Gasteiger partial charge in [-0.25, -0.2) is 8.42 Å². The summed E-state index contributed by atoms with van der Waals surface area (Å²) < 4.78 is 44.4. The van der Waals surface area contributed by atoms with Crippen LogP contribution >= 0.6 is 0 Å². The molecular formula is C23H27NO6S. The Labute approximate surface area is 183 Å². The highest BCUT2D eigenvalue weighted by Gasteiger charge is 2.45. The van der Waals surface area contributed by atoms with E-state index in [0.717, 1.165) is 5.56 Å². The maximum atomic E-state index is 13.3. The number of nitrogens with zero attached hydrogens (tertiary/aromatic N) is 1. The van der Waals surface area contributed by atoms with Crippen LogP contribution in [0, 0.1) is 5.41 Å². The van der Waals surface area contributed by atoms with Gasteiger partial charge in [-0.2, -0.15) is 4.31 Å². The Bertz CT molecular complexity index is 1030. The first-order valence-electron chi connectivity index (χ1n) is 10.6. The molecule has 2 heterocycles. The highest BCUT2D eigenvalue weighted by molar-refractivity contribution is 7.89. The molecule has 31 heavy (non-hydrogen) atoms. The molecule has 0 radical (unpaired) electrons. The van der Waals surface area contributed by atoms with Crippen molar-refractivity contribution in [3.8, 4) is 11.5 Å². The van der Waals surface area contributed by atoms with E-state index in [-0.39, 0.29) is 24.0 Å². The summed E-state index contributed by atoms with van der Waals surface area (Å²) >= 11 is 0. The first kappa shape index (κ1) is 21.6. The van der Waals surface area contributed by atoms with Gasteiger partial charge in [-0.15, -0.1) is 0 Å². The van der Waals surface area contributed by atoms with Crippen molar-refractivity contribution in [1.29, 1.82) is 0 Å². The Morgan fingerprint density at radius 1 is 1.03 bits per heavy atom. The molecule has 2 aliphatic heterocycles. The molecule has 166 valence electrons. The van der Waals surface area contributed by atoms with E-state index in [1.54, 1.807) is 19.1 Å². The summed E-state index contributed by atoms with van der Waals surface area (Å²) in [6.07, 6.45) is 1.35. The molecule has 2 aromatic carbocycles. The van der Waals surface area contributed by atoms with Crippen molar-refractivity contribution in [1.82, 2.24) is 4.31 Å². The second-order valence-electron chi connectivity index (χ2n) is 7.87. The van der Waals surface area contributed by atoms with Crippen LogP contribution in [0.2, 0.25) is 0 Å². The van der Waals surface area contributed by atoms with Gasteiger partial charge in [-0.3, -0.25) is 4.79 Å². The Kier molecular flexibility index (Phi) is 6.20. The quantitative estimate of drug-likeness (QED) is 0.636. The highest BCUT2D eigenvalue weighted by atomic mass is 32.2. The van der Waals surface area contributed by atoms with Crippen LogP contribution in [0.1, 0.15) is 25.3 Å². The number of sulfonamides is 1. The number of hydrogen-bond acceptors (Lipinski definition) is 6. The normalized spacial score (nSPS) is 18.4.